The average molecular weight is 281 g/mol. The lowest BCUT2D eigenvalue weighted by Crippen LogP contribution is -2.54. The van der Waals surface area contributed by atoms with Crippen molar-refractivity contribution in [3.05, 3.63) is 12.7 Å². The van der Waals surface area contributed by atoms with Crippen LogP contribution >= 0.6 is 0 Å². The highest BCUT2D eigenvalue weighted by atomic mass is 16.5. The molecule has 108 valence electrons. The highest BCUT2D eigenvalue weighted by Gasteiger charge is 2.43. The topological polar surface area (TPSA) is 140 Å². The molecule has 0 saturated carbocycles. The molecule has 0 amide bonds. The van der Waals surface area contributed by atoms with E-state index in [4.69, 9.17) is 10.5 Å². The van der Waals surface area contributed by atoms with Gasteiger partial charge in [0, 0.05) is 0 Å². The first-order valence-corrected chi connectivity index (χ1v) is 6.13. The largest absolute Gasteiger partial charge is 0.388 e. The molecule has 0 unspecified atom stereocenters. The maximum atomic E-state index is 10.1. The van der Waals surface area contributed by atoms with Crippen LogP contribution in [0.25, 0.3) is 11.2 Å². The summed E-state index contributed by atoms with van der Waals surface area (Å²) < 4.78 is 7.00. The summed E-state index contributed by atoms with van der Waals surface area (Å²) in [5.41, 5.74) is 6.46. The molecule has 5 N–H and O–H groups in total. The number of aliphatic hydroxyl groups is 3. The zero-order valence-electron chi connectivity index (χ0n) is 10.7. The predicted molar refractivity (Wildman–Crippen MR) is 67.3 cm³/mol. The zero-order chi connectivity index (χ0) is 14.4. The van der Waals surface area contributed by atoms with Crippen molar-refractivity contribution in [1.82, 2.24) is 19.5 Å². The molecule has 5 atom stereocenters. The average Bonchev–Trinajstić information content (AvgIpc) is 2.86. The third-order valence-electron chi connectivity index (χ3n) is 3.49. The highest BCUT2D eigenvalue weighted by Crippen LogP contribution is 2.30. The van der Waals surface area contributed by atoms with Gasteiger partial charge in [-0.1, -0.05) is 0 Å². The van der Waals surface area contributed by atoms with Gasteiger partial charge in [-0.3, -0.25) is 4.57 Å². The Morgan fingerprint density at radius 1 is 1.15 bits per heavy atom. The Hall–Kier alpha value is -1.81. The molecule has 1 fully saturated rings. The standard InChI is InChI=1S/C11H15N5O4/c1-4-6(17)7(18)8(19)11(20-4)16-3-15-5-9(12)13-2-14-10(5)16/h2-4,6-8,11,17-19H,1H3,(H2,12,13,14)/t4-,6+,7+,8+,11-/m1/s1. The first-order valence-electron chi connectivity index (χ1n) is 6.13. The Morgan fingerprint density at radius 2 is 1.90 bits per heavy atom. The van der Waals surface area contributed by atoms with Crippen molar-refractivity contribution in [1.29, 1.82) is 0 Å². The lowest BCUT2D eigenvalue weighted by atomic mass is 9.99. The van der Waals surface area contributed by atoms with Crippen LogP contribution in [0.5, 0.6) is 0 Å². The summed E-state index contributed by atoms with van der Waals surface area (Å²) in [6.45, 7) is 1.61. The first-order chi connectivity index (χ1) is 9.50. The number of fused-ring (bicyclic) bond motifs is 1. The van der Waals surface area contributed by atoms with Gasteiger partial charge >= 0.3 is 0 Å². The molecule has 9 heteroatoms. The van der Waals surface area contributed by atoms with Crippen molar-refractivity contribution in [3.63, 3.8) is 0 Å². The predicted octanol–water partition coefficient (Wildman–Crippen LogP) is -1.59. The van der Waals surface area contributed by atoms with Crippen LogP contribution in [0.15, 0.2) is 12.7 Å². The van der Waals surface area contributed by atoms with Crippen molar-refractivity contribution in [2.24, 2.45) is 0 Å². The van der Waals surface area contributed by atoms with Gasteiger partial charge in [0.15, 0.2) is 17.7 Å². The smallest absolute Gasteiger partial charge is 0.167 e. The summed E-state index contributed by atoms with van der Waals surface area (Å²) in [7, 11) is 0. The number of ether oxygens (including phenoxy) is 1. The second-order valence-electron chi connectivity index (χ2n) is 4.79. The fraction of sp³-hybridized carbons (Fsp3) is 0.545. The Morgan fingerprint density at radius 3 is 2.65 bits per heavy atom. The van der Waals surface area contributed by atoms with Gasteiger partial charge in [0.2, 0.25) is 0 Å². The van der Waals surface area contributed by atoms with Crippen molar-refractivity contribution in [2.75, 3.05) is 5.73 Å². The minimum absolute atomic E-state index is 0.215. The van der Waals surface area contributed by atoms with E-state index in [1.807, 2.05) is 0 Å². The van der Waals surface area contributed by atoms with Gasteiger partial charge < -0.3 is 25.8 Å². The van der Waals surface area contributed by atoms with E-state index >= 15 is 0 Å². The summed E-state index contributed by atoms with van der Waals surface area (Å²) in [6.07, 6.45) is -2.66. The Bertz CT molecular complexity index is 632. The first kappa shape index (κ1) is 13.2. The second kappa shape index (κ2) is 4.63. The van der Waals surface area contributed by atoms with Crippen molar-refractivity contribution >= 4 is 17.0 Å². The number of hydrogen-bond acceptors (Lipinski definition) is 8. The summed E-state index contributed by atoms with van der Waals surface area (Å²) in [5.74, 6) is 0.215. The molecule has 0 aromatic carbocycles. The number of nitrogen functional groups attached to an aromatic ring is 1. The van der Waals surface area contributed by atoms with E-state index in [-0.39, 0.29) is 5.82 Å². The Labute approximate surface area is 113 Å². The highest BCUT2D eigenvalue weighted by molar-refractivity contribution is 5.81. The molecule has 0 aliphatic carbocycles. The van der Waals surface area contributed by atoms with E-state index in [9.17, 15) is 15.3 Å². The second-order valence-corrected chi connectivity index (χ2v) is 4.79. The van der Waals surface area contributed by atoms with Crippen LogP contribution in [-0.2, 0) is 4.74 Å². The van der Waals surface area contributed by atoms with Gasteiger partial charge in [0.05, 0.1) is 12.4 Å². The molecule has 0 bridgehead atoms. The minimum Gasteiger partial charge on any atom is -0.388 e. The molecule has 1 aliphatic heterocycles. The molecule has 3 rings (SSSR count). The third kappa shape index (κ3) is 1.83. The van der Waals surface area contributed by atoms with Crippen LogP contribution in [0.2, 0.25) is 0 Å². The summed E-state index contributed by atoms with van der Waals surface area (Å²) in [4.78, 5) is 12.0. The molecule has 3 heterocycles. The number of rotatable bonds is 1. The number of aromatic nitrogens is 4. The van der Waals surface area contributed by atoms with Crippen LogP contribution in [0.4, 0.5) is 5.82 Å². The monoisotopic (exact) mass is 281 g/mol. The lowest BCUT2D eigenvalue weighted by molar-refractivity contribution is -0.239. The normalized spacial score (nSPS) is 34.5. The molecule has 2 aromatic heterocycles. The zero-order valence-corrected chi connectivity index (χ0v) is 10.7. The summed E-state index contributed by atoms with van der Waals surface area (Å²) in [6, 6.07) is 0. The van der Waals surface area contributed by atoms with E-state index in [0.717, 1.165) is 0 Å². The van der Waals surface area contributed by atoms with Crippen LogP contribution < -0.4 is 5.73 Å². The van der Waals surface area contributed by atoms with Crippen LogP contribution in [0.1, 0.15) is 13.2 Å². The maximum Gasteiger partial charge on any atom is 0.167 e. The maximum absolute atomic E-state index is 10.1. The van der Waals surface area contributed by atoms with Gasteiger partial charge in [-0.25, -0.2) is 15.0 Å². The van der Waals surface area contributed by atoms with E-state index < -0.39 is 30.6 Å². The quantitative estimate of drug-likeness (QED) is 0.490. The van der Waals surface area contributed by atoms with E-state index in [0.29, 0.717) is 11.2 Å². The van der Waals surface area contributed by atoms with Crippen LogP contribution in [-0.4, -0.2) is 59.3 Å². The molecule has 9 nitrogen and oxygen atoms in total. The van der Waals surface area contributed by atoms with Crippen LogP contribution in [0, 0.1) is 0 Å². The molecule has 2 aromatic rings. The minimum atomic E-state index is -1.32. The molecular formula is C11H15N5O4. The number of nitrogens with zero attached hydrogens (tertiary/aromatic N) is 4. The Kier molecular flexibility index (Phi) is 3.05. The van der Waals surface area contributed by atoms with Crippen molar-refractivity contribution in [2.45, 2.75) is 37.6 Å². The third-order valence-corrected chi connectivity index (χ3v) is 3.49. The lowest BCUT2D eigenvalue weighted by Gasteiger charge is -2.39. The molecular weight excluding hydrogens is 266 g/mol. The SMILES string of the molecule is C[C@H]1O[C@@H](n2cnc3c(N)ncnc32)[C@@H](O)[C@@H](O)[C@H]1O. The van der Waals surface area contributed by atoms with Gasteiger partial charge in [0.25, 0.3) is 0 Å². The molecule has 0 radical (unpaired) electrons. The summed E-state index contributed by atoms with van der Waals surface area (Å²) >= 11 is 0. The molecule has 1 aliphatic rings. The van der Waals surface area contributed by atoms with Gasteiger partial charge in [0.1, 0.15) is 30.2 Å². The number of aliphatic hydroxyl groups excluding tert-OH is 3. The fourth-order valence-electron chi connectivity index (χ4n) is 2.32. The number of hydrogen-bond donors (Lipinski definition) is 4. The van der Waals surface area contributed by atoms with Crippen molar-refractivity contribution in [3.8, 4) is 0 Å². The number of imidazole rings is 1. The Balaban J connectivity index is 2.04. The molecule has 1 saturated heterocycles. The fourth-order valence-corrected chi connectivity index (χ4v) is 2.32. The van der Waals surface area contributed by atoms with Gasteiger partial charge in [-0.2, -0.15) is 0 Å². The summed E-state index contributed by atoms with van der Waals surface area (Å²) in [5, 5.41) is 29.6. The number of anilines is 1. The van der Waals surface area contributed by atoms with Gasteiger partial charge in [-0.05, 0) is 6.92 Å². The van der Waals surface area contributed by atoms with E-state index in [2.05, 4.69) is 15.0 Å². The van der Waals surface area contributed by atoms with Crippen molar-refractivity contribution < 1.29 is 20.1 Å². The molecule has 0 spiro atoms. The number of nitrogens with two attached hydrogens (primary N) is 1. The van der Waals surface area contributed by atoms with Gasteiger partial charge in [-0.15, -0.1) is 0 Å². The van der Waals surface area contributed by atoms with Crippen LogP contribution in [0.3, 0.4) is 0 Å². The van der Waals surface area contributed by atoms with E-state index in [1.54, 1.807) is 6.92 Å². The van der Waals surface area contributed by atoms with E-state index in [1.165, 1.54) is 17.2 Å². The molecule has 20 heavy (non-hydrogen) atoms.